The first kappa shape index (κ1) is 7.20. The van der Waals surface area contributed by atoms with Crippen molar-refractivity contribution in [2.24, 2.45) is 9.98 Å². The molecule has 0 unspecified atom stereocenters. The lowest BCUT2D eigenvalue weighted by Crippen LogP contribution is -2.30. The van der Waals surface area contributed by atoms with Crippen molar-refractivity contribution in [1.29, 1.82) is 0 Å². The Morgan fingerprint density at radius 2 is 2.30 bits per heavy atom. The highest BCUT2D eigenvalue weighted by Gasteiger charge is 2.12. The zero-order chi connectivity index (χ0) is 7.61. The van der Waals surface area contributed by atoms with E-state index in [1.54, 1.807) is 0 Å². The van der Waals surface area contributed by atoms with Gasteiger partial charge in [-0.2, -0.15) is 0 Å². The molecule has 0 N–H and O–H groups in total. The number of sulfonamides is 1. The number of nitrogens with zero attached hydrogens (tertiary/aromatic N) is 3. The van der Waals surface area contributed by atoms with E-state index >= 15 is 0 Å². The summed E-state index contributed by atoms with van der Waals surface area (Å²) in [5.41, 5.74) is 0. The van der Waals surface area contributed by atoms with Gasteiger partial charge < -0.3 is 0 Å². The fourth-order valence-electron chi connectivity index (χ4n) is 0.495. The van der Waals surface area contributed by atoms with E-state index in [0.29, 0.717) is 0 Å². The largest absolute Gasteiger partial charge is 0.251 e. The predicted octanol–water partition coefficient (Wildman–Crippen LogP) is -0.724. The fourth-order valence-corrected chi connectivity index (χ4v) is 0.997. The Morgan fingerprint density at radius 3 is 2.60 bits per heavy atom. The lowest BCUT2D eigenvalue weighted by Gasteiger charge is -2.14. The van der Waals surface area contributed by atoms with Crippen molar-refractivity contribution in [2.75, 3.05) is 12.9 Å². The molecule has 0 saturated heterocycles. The highest BCUT2D eigenvalue weighted by Crippen LogP contribution is 1.96. The van der Waals surface area contributed by atoms with Gasteiger partial charge in [0.05, 0.1) is 6.26 Å². The minimum atomic E-state index is -3.16. The molecule has 0 spiro atoms. The molecule has 0 bridgehead atoms. The van der Waals surface area contributed by atoms with Crippen LogP contribution < -0.4 is 0 Å². The second kappa shape index (κ2) is 2.37. The van der Waals surface area contributed by atoms with E-state index in [1.807, 2.05) is 0 Å². The highest BCUT2D eigenvalue weighted by atomic mass is 32.2. The number of rotatable bonds is 1. The van der Waals surface area contributed by atoms with Crippen LogP contribution in [0.5, 0.6) is 0 Å². The summed E-state index contributed by atoms with van der Waals surface area (Å²) in [5, 5.41) is 0. The molecule has 10 heavy (non-hydrogen) atoms. The summed E-state index contributed by atoms with van der Waals surface area (Å²) in [7, 11) is -3.16. The number of aliphatic imine (C=N–C) groups is 2. The molecule has 0 aliphatic carbocycles. The summed E-state index contributed by atoms with van der Waals surface area (Å²) >= 11 is 0. The van der Waals surface area contributed by atoms with Crippen LogP contribution in [0.4, 0.5) is 0 Å². The van der Waals surface area contributed by atoms with Crippen LogP contribution in [0.15, 0.2) is 9.98 Å². The van der Waals surface area contributed by atoms with E-state index in [2.05, 4.69) is 9.98 Å². The smallest absolute Gasteiger partial charge is 0.234 e. The third-order valence-electron chi connectivity index (χ3n) is 0.991. The van der Waals surface area contributed by atoms with Crippen molar-refractivity contribution >= 4 is 22.7 Å². The van der Waals surface area contributed by atoms with Crippen molar-refractivity contribution in [3.8, 4) is 0 Å². The average Bonchev–Trinajstić information content (AvgIpc) is 1.88. The van der Waals surface area contributed by atoms with Gasteiger partial charge in [-0.15, -0.1) is 0 Å². The molecule has 1 aliphatic rings. The molecule has 0 saturated carbocycles. The summed E-state index contributed by atoms with van der Waals surface area (Å²) in [6.45, 7) is 0.141. The molecule has 0 aromatic rings. The molecule has 0 atom stereocenters. The zero-order valence-corrected chi connectivity index (χ0v) is 6.24. The molecule has 0 aromatic carbocycles. The van der Waals surface area contributed by atoms with Crippen LogP contribution >= 0.6 is 0 Å². The predicted molar refractivity (Wildman–Crippen MR) is 38.5 cm³/mol. The second-order valence-electron chi connectivity index (χ2n) is 1.85. The van der Waals surface area contributed by atoms with Crippen LogP contribution in [0.2, 0.25) is 0 Å². The Kier molecular flexibility index (Phi) is 1.71. The van der Waals surface area contributed by atoms with Crippen molar-refractivity contribution in [3.63, 3.8) is 0 Å². The molecule has 1 heterocycles. The minimum Gasteiger partial charge on any atom is -0.251 e. The van der Waals surface area contributed by atoms with Gasteiger partial charge in [0.25, 0.3) is 0 Å². The Balaban J connectivity index is 2.79. The lowest BCUT2D eigenvalue weighted by molar-refractivity contribution is 0.537. The van der Waals surface area contributed by atoms with Crippen molar-refractivity contribution in [2.45, 2.75) is 0 Å². The van der Waals surface area contributed by atoms with Crippen LogP contribution in [-0.2, 0) is 10.0 Å². The summed E-state index contributed by atoms with van der Waals surface area (Å²) in [4.78, 5) is 7.20. The number of hydrogen-bond acceptors (Lipinski definition) is 4. The van der Waals surface area contributed by atoms with Crippen LogP contribution in [0.1, 0.15) is 0 Å². The topological polar surface area (TPSA) is 62.1 Å². The maximum Gasteiger partial charge on any atom is 0.234 e. The molecule has 0 aromatic heterocycles. The first-order chi connectivity index (χ1) is 4.61. The van der Waals surface area contributed by atoms with E-state index in [-0.39, 0.29) is 6.67 Å². The van der Waals surface area contributed by atoms with Gasteiger partial charge in [-0.3, -0.25) is 4.99 Å². The van der Waals surface area contributed by atoms with Crippen LogP contribution in [0.3, 0.4) is 0 Å². The van der Waals surface area contributed by atoms with Gasteiger partial charge in [-0.05, 0) is 0 Å². The van der Waals surface area contributed by atoms with E-state index in [0.717, 1.165) is 10.6 Å². The van der Waals surface area contributed by atoms with Gasteiger partial charge in [-0.25, -0.2) is 17.7 Å². The third kappa shape index (κ3) is 1.53. The van der Waals surface area contributed by atoms with Crippen molar-refractivity contribution < 1.29 is 8.42 Å². The highest BCUT2D eigenvalue weighted by molar-refractivity contribution is 7.88. The summed E-state index contributed by atoms with van der Waals surface area (Å²) in [6.07, 6.45) is 3.67. The minimum absolute atomic E-state index is 0.141. The van der Waals surface area contributed by atoms with Crippen LogP contribution in [-0.4, -0.2) is 38.3 Å². The average molecular weight is 161 g/mol. The Bertz CT molecular complexity index is 266. The second-order valence-corrected chi connectivity index (χ2v) is 3.79. The zero-order valence-electron chi connectivity index (χ0n) is 5.43. The SMILES string of the molecule is CS(=O)(=O)N1C=NC=NC1. The molecule has 6 heteroatoms. The molecule has 0 amide bonds. The van der Waals surface area contributed by atoms with Gasteiger partial charge in [0.2, 0.25) is 10.0 Å². The Morgan fingerprint density at radius 1 is 1.60 bits per heavy atom. The van der Waals surface area contributed by atoms with E-state index < -0.39 is 10.0 Å². The van der Waals surface area contributed by atoms with E-state index in [1.165, 1.54) is 12.7 Å². The first-order valence-electron chi connectivity index (χ1n) is 2.59. The quantitative estimate of drug-likeness (QED) is 0.509. The first-order valence-corrected chi connectivity index (χ1v) is 4.44. The Labute approximate surface area is 59.1 Å². The third-order valence-corrected chi connectivity index (χ3v) is 2.05. The van der Waals surface area contributed by atoms with Gasteiger partial charge in [0.1, 0.15) is 19.3 Å². The van der Waals surface area contributed by atoms with Gasteiger partial charge >= 0.3 is 0 Å². The van der Waals surface area contributed by atoms with Crippen LogP contribution in [0, 0.1) is 0 Å². The number of hydrogen-bond donors (Lipinski definition) is 0. The van der Waals surface area contributed by atoms with E-state index in [4.69, 9.17) is 0 Å². The standard InChI is InChI=1S/C4H7N3O2S/c1-10(8,9)7-3-5-2-6-4-7/h2-3H,4H2,1H3. The lowest BCUT2D eigenvalue weighted by atomic mass is 10.9. The van der Waals surface area contributed by atoms with Crippen LogP contribution in [0.25, 0.3) is 0 Å². The molecule has 0 fully saturated rings. The maximum atomic E-state index is 10.7. The van der Waals surface area contributed by atoms with Crippen molar-refractivity contribution in [3.05, 3.63) is 0 Å². The van der Waals surface area contributed by atoms with Gasteiger partial charge in [0, 0.05) is 0 Å². The molecule has 0 radical (unpaired) electrons. The molecular formula is C4H7N3O2S. The summed E-state index contributed by atoms with van der Waals surface area (Å²) in [5.74, 6) is 0. The molecule has 1 rings (SSSR count). The van der Waals surface area contributed by atoms with Crippen molar-refractivity contribution in [1.82, 2.24) is 4.31 Å². The molecule has 1 aliphatic heterocycles. The summed E-state index contributed by atoms with van der Waals surface area (Å²) < 4.78 is 22.6. The van der Waals surface area contributed by atoms with Gasteiger partial charge in [-0.1, -0.05) is 0 Å². The molecule has 56 valence electrons. The monoisotopic (exact) mass is 161 g/mol. The molecule has 5 nitrogen and oxygen atoms in total. The summed E-state index contributed by atoms with van der Waals surface area (Å²) in [6, 6.07) is 0. The molecular weight excluding hydrogens is 154 g/mol. The fraction of sp³-hybridized carbons (Fsp3) is 0.500. The van der Waals surface area contributed by atoms with Gasteiger partial charge in [0.15, 0.2) is 0 Å². The maximum absolute atomic E-state index is 10.7. The normalized spacial score (nSPS) is 17.9. The Hall–Kier alpha value is -0.910. The van der Waals surface area contributed by atoms with E-state index in [9.17, 15) is 8.42 Å².